The number of rotatable bonds is 8. The van der Waals surface area contributed by atoms with Crippen molar-refractivity contribution in [3.63, 3.8) is 0 Å². The molecule has 0 saturated carbocycles. The zero-order chi connectivity index (χ0) is 18.9. The van der Waals surface area contributed by atoms with E-state index < -0.39 is 0 Å². The highest BCUT2D eigenvalue weighted by molar-refractivity contribution is 5.96. The molecule has 1 saturated heterocycles. The van der Waals surface area contributed by atoms with Crippen molar-refractivity contribution in [2.75, 3.05) is 40.0 Å². The van der Waals surface area contributed by atoms with Gasteiger partial charge in [-0.25, -0.2) is 5.43 Å². The van der Waals surface area contributed by atoms with E-state index in [4.69, 9.17) is 14.2 Å². The van der Waals surface area contributed by atoms with Crippen molar-refractivity contribution in [3.05, 3.63) is 17.7 Å². The first-order chi connectivity index (χ1) is 12.6. The number of benzene rings is 1. The molecule has 1 N–H and O–H groups in total. The number of carbonyl (C=O) groups excluding carboxylic acids is 1. The first-order valence-electron chi connectivity index (χ1n) is 9.19. The summed E-state index contributed by atoms with van der Waals surface area (Å²) in [5.41, 5.74) is 4.09. The van der Waals surface area contributed by atoms with Crippen molar-refractivity contribution in [1.82, 2.24) is 10.3 Å². The number of hydrazone groups is 1. The van der Waals surface area contributed by atoms with Gasteiger partial charge in [-0.3, -0.25) is 4.79 Å². The number of piperidine rings is 1. The highest BCUT2D eigenvalue weighted by Gasteiger charge is 2.18. The average molecular weight is 363 g/mol. The van der Waals surface area contributed by atoms with Crippen LogP contribution in [0.2, 0.25) is 0 Å². The molecule has 7 nitrogen and oxygen atoms in total. The van der Waals surface area contributed by atoms with Gasteiger partial charge in [-0.15, -0.1) is 0 Å². The van der Waals surface area contributed by atoms with Crippen LogP contribution in [0, 0.1) is 0 Å². The maximum absolute atomic E-state index is 12.6. The van der Waals surface area contributed by atoms with Crippen LogP contribution in [0.1, 0.15) is 44.0 Å². The van der Waals surface area contributed by atoms with Gasteiger partial charge in [0.05, 0.1) is 19.8 Å². The molecule has 1 amide bonds. The molecule has 0 unspecified atom stereocenters. The molecule has 144 valence electrons. The number of amides is 1. The summed E-state index contributed by atoms with van der Waals surface area (Å²) < 4.78 is 17.0. The third kappa shape index (κ3) is 5.36. The Morgan fingerprint density at radius 1 is 1.04 bits per heavy atom. The maximum Gasteiger partial charge on any atom is 0.271 e. The second-order valence-corrected chi connectivity index (χ2v) is 6.02. The number of likely N-dealkylation sites (tertiary alicyclic amines) is 1. The van der Waals surface area contributed by atoms with Crippen molar-refractivity contribution >= 4 is 11.6 Å². The second kappa shape index (κ2) is 10.0. The molecule has 1 heterocycles. The van der Waals surface area contributed by atoms with E-state index in [0.717, 1.165) is 31.6 Å². The zero-order valence-electron chi connectivity index (χ0n) is 16.1. The highest BCUT2D eigenvalue weighted by Crippen LogP contribution is 2.39. The van der Waals surface area contributed by atoms with E-state index in [9.17, 15) is 4.79 Å². The standard InChI is InChI=1S/C19H29N3O4/c1-5-24-16-12-14(13-17(25-6-2)18(16)26-7-3)19(23)21-20-15-8-10-22(4)11-9-15/h12-13H,5-11H2,1-4H3,(H,21,23). The average Bonchev–Trinajstić information content (AvgIpc) is 2.63. The smallest absolute Gasteiger partial charge is 0.271 e. The first kappa shape index (κ1) is 20.0. The molecule has 1 aromatic carbocycles. The molecule has 0 aliphatic carbocycles. The normalized spacial score (nSPS) is 14.7. The van der Waals surface area contributed by atoms with Crippen LogP contribution < -0.4 is 19.6 Å². The van der Waals surface area contributed by atoms with Crippen molar-refractivity contribution in [2.45, 2.75) is 33.6 Å². The molecule has 26 heavy (non-hydrogen) atoms. The van der Waals surface area contributed by atoms with E-state index >= 15 is 0 Å². The van der Waals surface area contributed by atoms with Gasteiger partial charge in [0, 0.05) is 37.2 Å². The van der Waals surface area contributed by atoms with Gasteiger partial charge in [0.2, 0.25) is 5.75 Å². The van der Waals surface area contributed by atoms with Crippen LogP contribution in [0.25, 0.3) is 0 Å². The van der Waals surface area contributed by atoms with Crippen molar-refractivity contribution < 1.29 is 19.0 Å². The van der Waals surface area contributed by atoms with Crippen LogP contribution in [-0.2, 0) is 0 Å². The number of hydrogen-bond donors (Lipinski definition) is 1. The number of nitrogens with zero attached hydrogens (tertiary/aromatic N) is 2. The summed E-state index contributed by atoms with van der Waals surface area (Å²) in [6, 6.07) is 3.34. The van der Waals surface area contributed by atoms with Crippen LogP contribution in [-0.4, -0.2) is 56.5 Å². The highest BCUT2D eigenvalue weighted by atomic mass is 16.5. The molecule has 1 aliphatic rings. The summed E-state index contributed by atoms with van der Waals surface area (Å²) in [6.07, 6.45) is 1.74. The monoisotopic (exact) mass is 363 g/mol. The Morgan fingerprint density at radius 3 is 2.08 bits per heavy atom. The Morgan fingerprint density at radius 2 is 1.58 bits per heavy atom. The van der Waals surface area contributed by atoms with Crippen LogP contribution in [0.15, 0.2) is 17.2 Å². The van der Waals surface area contributed by atoms with Crippen molar-refractivity contribution in [1.29, 1.82) is 0 Å². The SMILES string of the molecule is CCOc1cc(C(=O)NN=C2CCN(C)CC2)cc(OCC)c1OCC. The fourth-order valence-corrected chi connectivity index (χ4v) is 2.70. The molecule has 0 atom stereocenters. The first-order valence-corrected chi connectivity index (χ1v) is 9.19. The lowest BCUT2D eigenvalue weighted by molar-refractivity contribution is 0.0953. The summed E-state index contributed by atoms with van der Waals surface area (Å²) in [5, 5.41) is 4.28. The van der Waals surface area contributed by atoms with E-state index in [0.29, 0.717) is 42.6 Å². The number of hydrogen-bond acceptors (Lipinski definition) is 6. The van der Waals surface area contributed by atoms with Gasteiger partial charge in [0.15, 0.2) is 11.5 Å². The summed E-state index contributed by atoms with van der Waals surface area (Å²) in [7, 11) is 2.08. The number of carbonyl (C=O) groups is 1. The van der Waals surface area contributed by atoms with E-state index in [-0.39, 0.29) is 5.91 Å². The van der Waals surface area contributed by atoms with Gasteiger partial charge in [0.1, 0.15) is 0 Å². The van der Waals surface area contributed by atoms with Gasteiger partial charge < -0.3 is 19.1 Å². The minimum absolute atomic E-state index is 0.290. The number of ether oxygens (including phenoxy) is 3. The predicted molar refractivity (Wildman–Crippen MR) is 102 cm³/mol. The molecule has 0 radical (unpaired) electrons. The lowest BCUT2D eigenvalue weighted by Gasteiger charge is -2.22. The molecule has 7 heteroatoms. The van der Waals surface area contributed by atoms with Gasteiger partial charge in [0.25, 0.3) is 5.91 Å². The third-order valence-electron chi connectivity index (χ3n) is 4.05. The molecule has 1 fully saturated rings. The third-order valence-corrected chi connectivity index (χ3v) is 4.05. The van der Waals surface area contributed by atoms with E-state index in [1.54, 1.807) is 12.1 Å². The van der Waals surface area contributed by atoms with Crippen LogP contribution in [0.4, 0.5) is 0 Å². The largest absolute Gasteiger partial charge is 0.490 e. The minimum atomic E-state index is -0.290. The lowest BCUT2D eigenvalue weighted by atomic mass is 10.1. The summed E-state index contributed by atoms with van der Waals surface area (Å²) in [5.74, 6) is 1.23. The van der Waals surface area contributed by atoms with Crippen molar-refractivity contribution in [3.8, 4) is 17.2 Å². The Hall–Kier alpha value is -2.28. The van der Waals surface area contributed by atoms with Crippen LogP contribution in [0.5, 0.6) is 17.2 Å². The van der Waals surface area contributed by atoms with Gasteiger partial charge >= 0.3 is 0 Å². The topological polar surface area (TPSA) is 72.4 Å². The zero-order valence-corrected chi connectivity index (χ0v) is 16.1. The number of nitrogens with one attached hydrogen (secondary N) is 1. The van der Waals surface area contributed by atoms with E-state index in [2.05, 4.69) is 22.5 Å². The quantitative estimate of drug-likeness (QED) is 0.719. The molecule has 0 bridgehead atoms. The van der Waals surface area contributed by atoms with Gasteiger partial charge in [-0.1, -0.05) is 0 Å². The van der Waals surface area contributed by atoms with Crippen molar-refractivity contribution in [2.24, 2.45) is 5.10 Å². The fourth-order valence-electron chi connectivity index (χ4n) is 2.70. The molecule has 1 aromatic rings. The Bertz CT molecular complexity index is 609. The molecule has 1 aliphatic heterocycles. The molecular weight excluding hydrogens is 334 g/mol. The Labute approximate surface area is 155 Å². The summed E-state index contributed by atoms with van der Waals surface area (Å²) in [4.78, 5) is 14.8. The molecule has 0 spiro atoms. The second-order valence-electron chi connectivity index (χ2n) is 6.02. The van der Waals surface area contributed by atoms with E-state index in [1.807, 2.05) is 20.8 Å². The molecular formula is C19H29N3O4. The Kier molecular flexibility index (Phi) is 7.72. The van der Waals surface area contributed by atoms with Crippen LogP contribution >= 0.6 is 0 Å². The fraction of sp³-hybridized carbons (Fsp3) is 0.579. The van der Waals surface area contributed by atoms with Gasteiger partial charge in [-0.05, 0) is 40.0 Å². The Balaban J connectivity index is 2.21. The van der Waals surface area contributed by atoms with Crippen LogP contribution in [0.3, 0.4) is 0 Å². The van der Waals surface area contributed by atoms with Gasteiger partial charge in [-0.2, -0.15) is 5.10 Å². The minimum Gasteiger partial charge on any atom is -0.490 e. The van der Waals surface area contributed by atoms with E-state index in [1.165, 1.54) is 0 Å². The lowest BCUT2D eigenvalue weighted by Crippen LogP contribution is -2.32. The maximum atomic E-state index is 12.6. The summed E-state index contributed by atoms with van der Waals surface area (Å²) in [6.45, 7) is 8.99. The summed E-state index contributed by atoms with van der Waals surface area (Å²) >= 11 is 0. The molecule has 2 rings (SSSR count). The molecule has 0 aromatic heterocycles. The predicted octanol–water partition coefficient (Wildman–Crippen LogP) is 2.69.